The Morgan fingerprint density at radius 2 is 2.33 bits per heavy atom. The van der Waals surface area contributed by atoms with Gasteiger partial charge in [0, 0.05) is 4.88 Å². The number of thioether (sulfide) groups is 1. The second kappa shape index (κ2) is 6.10. The molecule has 8 heteroatoms. The molecule has 0 atom stereocenters. The molecule has 3 aromatic heterocycles. The van der Waals surface area contributed by atoms with Crippen molar-refractivity contribution in [1.29, 1.82) is 0 Å². The Balaban J connectivity index is 1.87. The number of fused-ring (bicyclic) bond motifs is 3. The molecule has 3 heterocycles. The summed E-state index contributed by atoms with van der Waals surface area (Å²) in [4.78, 5) is 30.5. The van der Waals surface area contributed by atoms with Crippen LogP contribution in [0.3, 0.4) is 0 Å². The van der Waals surface area contributed by atoms with Crippen LogP contribution in [0.2, 0.25) is 0 Å². The second-order valence-electron chi connectivity index (χ2n) is 5.58. The zero-order chi connectivity index (χ0) is 16.7. The summed E-state index contributed by atoms with van der Waals surface area (Å²) in [6.07, 6.45) is 4.53. The topological polar surface area (TPSA) is 85.3 Å². The van der Waals surface area contributed by atoms with Crippen molar-refractivity contribution >= 4 is 39.3 Å². The van der Waals surface area contributed by atoms with Crippen molar-refractivity contribution in [3.63, 3.8) is 0 Å². The summed E-state index contributed by atoms with van der Waals surface area (Å²) in [7, 11) is 0. The number of rotatable bonds is 5. The van der Waals surface area contributed by atoms with Crippen LogP contribution in [0.4, 0.5) is 0 Å². The van der Waals surface area contributed by atoms with Gasteiger partial charge in [0.2, 0.25) is 0 Å². The van der Waals surface area contributed by atoms with E-state index in [-0.39, 0.29) is 17.9 Å². The van der Waals surface area contributed by atoms with E-state index in [0.717, 1.165) is 36.6 Å². The summed E-state index contributed by atoms with van der Waals surface area (Å²) in [5.41, 5.74) is 1.01. The molecule has 1 aliphatic carbocycles. The number of thiophene rings is 1. The lowest BCUT2D eigenvalue weighted by Gasteiger charge is -2.10. The number of hydrogen-bond donors (Lipinski definition) is 1. The zero-order valence-electron chi connectivity index (χ0n) is 12.7. The zero-order valence-corrected chi connectivity index (χ0v) is 14.3. The minimum atomic E-state index is -0.937. The summed E-state index contributed by atoms with van der Waals surface area (Å²) >= 11 is 2.62. The molecule has 1 N–H and O–H groups in total. The highest BCUT2D eigenvalue weighted by molar-refractivity contribution is 7.99. The van der Waals surface area contributed by atoms with Crippen LogP contribution in [-0.2, 0) is 24.2 Å². The SMILES string of the molecule is O=C(O)CSc1nc2sc3c(c2c(=O)n1Cc1ccco1)CCC3. The molecular weight excluding hydrogens is 348 g/mol. The summed E-state index contributed by atoms with van der Waals surface area (Å²) in [5.74, 6) is -0.434. The molecule has 0 saturated heterocycles. The Bertz CT molecular complexity index is 972. The lowest BCUT2D eigenvalue weighted by molar-refractivity contribution is -0.133. The first kappa shape index (κ1) is 15.5. The highest BCUT2D eigenvalue weighted by atomic mass is 32.2. The largest absolute Gasteiger partial charge is 0.481 e. The average molecular weight is 362 g/mol. The van der Waals surface area contributed by atoms with E-state index in [0.29, 0.717) is 21.1 Å². The van der Waals surface area contributed by atoms with Crippen molar-refractivity contribution in [1.82, 2.24) is 9.55 Å². The first-order valence-corrected chi connectivity index (χ1v) is 9.36. The van der Waals surface area contributed by atoms with Gasteiger partial charge in [0.05, 0.1) is 23.9 Å². The van der Waals surface area contributed by atoms with E-state index >= 15 is 0 Å². The molecule has 6 nitrogen and oxygen atoms in total. The van der Waals surface area contributed by atoms with Crippen molar-refractivity contribution in [3.8, 4) is 0 Å². The molecule has 0 fully saturated rings. The highest BCUT2D eigenvalue weighted by Gasteiger charge is 2.23. The molecule has 0 aromatic carbocycles. The maximum absolute atomic E-state index is 13.1. The lowest BCUT2D eigenvalue weighted by atomic mass is 10.2. The lowest BCUT2D eigenvalue weighted by Crippen LogP contribution is -2.24. The molecule has 24 heavy (non-hydrogen) atoms. The van der Waals surface area contributed by atoms with Crippen molar-refractivity contribution in [2.24, 2.45) is 0 Å². The van der Waals surface area contributed by atoms with Gasteiger partial charge in [0.15, 0.2) is 5.16 Å². The second-order valence-corrected chi connectivity index (χ2v) is 7.61. The number of carboxylic acids is 1. The molecule has 4 rings (SSSR count). The van der Waals surface area contributed by atoms with Gasteiger partial charge in [-0.3, -0.25) is 14.2 Å². The van der Waals surface area contributed by atoms with Crippen molar-refractivity contribution in [3.05, 3.63) is 45.0 Å². The van der Waals surface area contributed by atoms with Crippen molar-refractivity contribution in [2.75, 3.05) is 5.75 Å². The van der Waals surface area contributed by atoms with Crippen LogP contribution < -0.4 is 5.56 Å². The number of carboxylic acid groups (broad SMARTS) is 1. The average Bonchev–Trinajstić information content (AvgIpc) is 3.24. The predicted octanol–water partition coefficient (Wildman–Crippen LogP) is 2.76. The number of carbonyl (C=O) groups is 1. The highest BCUT2D eigenvalue weighted by Crippen LogP contribution is 2.35. The Labute approximate surface area is 145 Å². The minimum absolute atomic E-state index is 0.108. The molecule has 0 aliphatic heterocycles. The van der Waals surface area contributed by atoms with E-state index in [1.807, 2.05) is 0 Å². The van der Waals surface area contributed by atoms with Gasteiger partial charge in [0.1, 0.15) is 10.6 Å². The van der Waals surface area contributed by atoms with E-state index in [9.17, 15) is 9.59 Å². The van der Waals surface area contributed by atoms with Gasteiger partial charge in [0.25, 0.3) is 5.56 Å². The molecule has 0 saturated carbocycles. The van der Waals surface area contributed by atoms with Gasteiger partial charge in [-0.1, -0.05) is 11.8 Å². The van der Waals surface area contributed by atoms with E-state index < -0.39 is 5.97 Å². The standard InChI is InChI=1S/C16H14N2O4S2/c19-12(20)8-23-16-17-14-13(10-4-1-5-11(10)24-14)15(21)18(16)7-9-3-2-6-22-9/h2-3,6H,1,4-5,7-8H2,(H,19,20). The van der Waals surface area contributed by atoms with E-state index in [2.05, 4.69) is 4.98 Å². The number of furan rings is 1. The smallest absolute Gasteiger partial charge is 0.313 e. The number of hydrogen-bond acceptors (Lipinski definition) is 6. The first-order valence-electron chi connectivity index (χ1n) is 7.55. The molecule has 0 radical (unpaired) electrons. The minimum Gasteiger partial charge on any atom is -0.481 e. The molecule has 0 spiro atoms. The van der Waals surface area contributed by atoms with E-state index in [4.69, 9.17) is 9.52 Å². The molecule has 0 unspecified atom stereocenters. The number of nitrogens with zero attached hydrogens (tertiary/aromatic N) is 2. The van der Waals surface area contributed by atoms with Crippen LogP contribution in [0.5, 0.6) is 0 Å². The fraction of sp³-hybridized carbons (Fsp3) is 0.312. The molecule has 3 aromatic rings. The van der Waals surface area contributed by atoms with Gasteiger partial charge in [-0.2, -0.15) is 0 Å². The van der Waals surface area contributed by atoms with E-state index in [1.54, 1.807) is 29.7 Å². The third kappa shape index (κ3) is 2.65. The molecule has 124 valence electrons. The number of aromatic nitrogens is 2. The monoisotopic (exact) mass is 362 g/mol. The van der Waals surface area contributed by atoms with Crippen LogP contribution in [0.1, 0.15) is 22.6 Å². The maximum atomic E-state index is 13.1. The fourth-order valence-corrected chi connectivity index (χ4v) is 5.01. The summed E-state index contributed by atoms with van der Waals surface area (Å²) in [6, 6.07) is 3.55. The molecular formula is C16H14N2O4S2. The predicted molar refractivity (Wildman–Crippen MR) is 92.1 cm³/mol. The number of aryl methyl sites for hydroxylation is 2. The Hall–Kier alpha value is -2.06. The van der Waals surface area contributed by atoms with Crippen LogP contribution in [0.15, 0.2) is 32.8 Å². The van der Waals surface area contributed by atoms with Crippen LogP contribution in [0, 0.1) is 0 Å². The molecule has 0 amide bonds. The molecule has 0 bridgehead atoms. The van der Waals surface area contributed by atoms with Gasteiger partial charge in [-0.15, -0.1) is 11.3 Å². The Morgan fingerprint density at radius 1 is 1.46 bits per heavy atom. The van der Waals surface area contributed by atoms with Gasteiger partial charge < -0.3 is 9.52 Å². The normalized spacial score (nSPS) is 13.5. The van der Waals surface area contributed by atoms with E-state index in [1.165, 1.54) is 9.44 Å². The van der Waals surface area contributed by atoms with Crippen LogP contribution in [0.25, 0.3) is 10.2 Å². The van der Waals surface area contributed by atoms with Gasteiger partial charge in [-0.25, -0.2) is 4.98 Å². The summed E-state index contributed by atoms with van der Waals surface area (Å²) < 4.78 is 6.88. The summed E-state index contributed by atoms with van der Waals surface area (Å²) in [6.45, 7) is 0.251. The Morgan fingerprint density at radius 3 is 3.08 bits per heavy atom. The Kier molecular flexibility index (Phi) is 3.93. The van der Waals surface area contributed by atoms with Crippen molar-refractivity contribution in [2.45, 2.75) is 31.0 Å². The molecule has 1 aliphatic rings. The number of aliphatic carboxylic acids is 1. The van der Waals surface area contributed by atoms with Crippen LogP contribution in [-0.4, -0.2) is 26.4 Å². The third-order valence-electron chi connectivity index (χ3n) is 4.01. The third-order valence-corrected chi connectivity index (χ3v) is 6.16. The quantitative estimate of drug-likeness (QED) is 0.555. The van der Waals surface area contributed by atoms with Gasteiger partial charge in [-0.05, 0) is 37.0 Å². The van der Waals surface area contributed by atoms with Gasteiger partial charge >= 0.3 is 5.97 Å². The van der Waals surface area contributed by atoms with Crippen molar-refractivity contribution < 1.29 is 14.3 Å². The fourth-order valence-electron chi connectivity index (χ4n) is 2.99. The van der Waals surface area contributed by atoms with Crippen LogP contribution >= 0.6 is 23.1 Å². The first-order chi connectivity index (χ1) is 11.6. The summed E-state index contributed by atoms with van der Waals surface area (Å²) in [5, 5.41) is 10.1. The maximum Gasteiger partial charge on any atom is 0.313 e.